The molecular formula is C14H20N4O2S. The molecule has 7 heteroatoms. The van der Waals surface area contributed by atoms with Crippen LogP contribution in [0.25, 0.3) is 0 Å². The molecule has 0 fully saturated rings. The van der Waals surface area contributed by atoms with E-state index in [4.69, 9.17) is 5.73 Å². The lowest BCUT2D eigenvalue weighted by molar-refractivity contribution is 0.466. The van der Waals surface area contributed by atoms with Gasteiger partial charge in [0, 0.05) is 51.0 Å². The van der Waals surface area contributed by atoms with Crippen molar-refractivity contribution in [2.45, 2.75) is 31.5 Å². The predicted molar refractivity (Wildman–Crippen MR) is 80.9 cm³/mol. The van der Waals surface area contributed by atoms with Crippen molar-refractivity contribution in [3.05, 3.63) is 48.0 Å². The van der Waals surface area contributed by atoms with E-state index in [9.17, 15) is 8.42 Å². The van der Waals surface area contributed by atoms with Gasteiger partial charge in [-0.15, -0.1) is 0 Å². The highest BCUT2D eigenvalue weighted by Crippen LogP contribution is 2.19. The van der Waals surface area contributed by atoms with Crippen LogP contribution in [-0.2, 0) is 29.7 Å². The summed E-state index contributed by atoms with van der Waals surface area (Å²) >= 11 is 0. The van der Waals surface area contributed by atoms with Crippen LogP contribution in [0.1, 0.15) is 18.2 Å². The third-order valence-corrected chi connectivity index (χ3v) is 5.12. The Bertz CT molecular complexity index is 674. The zero-order valence-electron chi connectivity index (χ0n) is 12.2. The lowest BCUT2D eigenvalue weighted by Crippen LogP contribution is -2.26. The maximum absolute atomic E-state index is 12.6. The Morgan fingerprint density at radius 2 is 2.19 bits per heavy atom. The fourth-order valence-electron chi connectivity index (χ4n) is 2.15. The monoisotopic (exact) mass is 308 g/mol. The van der Waals surface area contributed by atoms with Crippen molar-refractivity contribution in [1.29, 1.82) is 0 Å². The van der Waals surface area contributed by atoms with Crippen molar-refractivity contribution in [2.24, 2.45) is 5.73 Å². The molecule has 6 nitrogen and oxygen atoms in total. The first-order valence-corrected chi connectivity index (χ1v) is 8.17. The summed E-state index contributed by atoms with van der Waals surface area (Å²) in [5, 5.41) is 0. The van der Waals surface area contributed by atoms with Crippen LogP contribution in [0.5, 0.6) is 0 Å². The first-order chi connectivity index (χ1) is 9.98. The Hall–Kier alpha value is -1.70. The van der Waals surface area contributed by atoms with Gasteiger partial charge < -0.3 is 10.3 Å². The molecule has 0 aliphatic heterocycles. The molecule has 0 aromatic carbocycles. The molecule has 0 atom stereocenters. The molecule has 2 N–H and O–H groups in total. The number of aryl methyl sites for hydroxylation is 1. The summed E-state index contributed by atoms with van der Waals surface area (Å²) in [6.45, 7) is 3.24. The van der Waals surface area contributed by atoms with Gasteiger partial charge in [-0.25, -0.2) is 8.42 Å². The van der Waals surface area contributed by atoms with Gasteiger partial charge in [0.2, 0.25) is 10.0 Å². The molecule has 0 bridgehead atoms. The molecule has 0 aliphatic carbocycles. The lowest BCUT2D eigenvalue weighted by atomic mass is 10.3. The molecule has 114 valence electrons. The minimum atomic E-state index is -3.53. The Labute approximate surface area is 125 Å². The number of hydrogen-bond acceptors (Lipinski definition) is 4. The van der Waals surface area contributed by atoms with Gasteiger partial charge in [-0.3, -0.25) is 4.98 Å². The average molecular weight is 308 g/mol. The maximum Gasteiger partial charge on any atom is 0.244 e. The Morgan fingerprint density at radius 3 is 2.71 bits per heavy atom. The van der Waals surface area contributed by atoms with Gasteiger partial charge in [-0.1, -0.05) is 6.07 Å². The van der Waals surface area contributed by atoms with Crippen molar-refractivity contribution in [2.75, 3.05) is 7.05 Å². The predicted octanol–water partition coefficient (Wildman–Crippen LogP) is 1.18. The van der Waals surface area contributed by atoms with Crippen LogP contribution < -0.4 is 5.73 Å². The van der Waals surface area contributed by atoms with E-state index in [2.05, 4.69) is 4.98 Å². The third-order valence-electron chi connectivity index (χ3n) is 3.35. The lowest BCUT2D eigenvalue weighted by Gasteiger charge is -2.16. The second kappa shape index (κ2) is 6.38. The van der Waals surface area contributed by atoms with Gasteiger partial charge in [-0.05, 0) is 24.6 Å². The Balaban J connectivity index is 2.26. The third kappa shape index (κ3) is 3.31. The van der Waals surface area contributed by atoms with Gasteiger partial charge in [0.05, 0.1) is 0 Å². The van der Waals surface area contributed by atoms with E-state index in [0.29, 0.717) is 13.1 Å². The van der Waals surface area contributed by atoms with E-state index in [1.807, 2.05) is 17.6 Å². The van der Waals surface area contributed by atoms with Gasteiger partial charge in [0.1, 0.15) is 4.90 Å². The number of sulfonamides is 1. The van der Waals surface area contributed by atoms with Crippen LogP contribution in [0.2, 0.25) is 0 Å². The molecule has 0 radical (unpaired) electrons. The van der Waals surface area contributed by atoms with Gasteiger partial charge in [0.25, 0.3) is 0 Å². The van der Waals surface area contributed by atoms with Crippen LogP contribution in [0, 0.1) is 0 Å². The van der Waals surface area contributed by atoms with Crippen LogP contribution in [0.4, 0.5) is 0 Å². The Kier molecular flexibility index (Phi) is 4.76. The largest absolute Gasteiger partial charge is 0.349 e. The molecule has 2 aromatic rings. The summed E-state index contributed by atoms with van der Waals surface area (Å²) in [6.07, 6.45) is 4.96. The number of pyridine rings is 1. The zero-order valence-corrected chi connectivity index (χ0v) is 13.0. The molecule has 2 aromatic heterocycles. The standard InChI is InChI=1S/C14H20N4O2S/c1-3-18-11-14(7-13(18)8-15)21(19,20)17(2)10-12-5-4-6-16-9-12/h4-7,9,11H,3,8,10,15H2,1-2H3. The zero-order chi connectivity index (χ0) is 15.5. The summed E-state index contributed by atoms with van der Waals surface area (Å²) in [5.74, 6) is 0. The van der Waals surface area contributed by atoms with E-state index >= 15 is 0 Å². The minimum Gasteiger partial charge on any atom is -0.349 e. The molecule has 2 heterocycles. The first kappa shape index (κ1) is 15.7. The van der Waals surface area contributed by atoms with Crippen LogP contribution in [-0.4, -0.2) is 29.3 Å². The summed E-state index contributed by atoms with van der Waals surface area (Å²) in [4.78, 5) is 4.27. The molecule has 0 amide bonds. The van der Waals surface area contributed by atoms with Gasteiger partial charge in [0.15, 0.2) is 0 Å². The highest BCUT2D eigenvalue weighted by Gasteiger charge is 2.23. The molecule has 0 saturated carbocycles. The van der Waals surface area contributed by atoms with E-state index in [0.717, 1.165) is 11.3 Å². The van der Waals surface area contributed by atoms with Crippen molar-refractivity contribution >= 4 is 10.0 Å². The second-order valence-corrected chi connectivity index (χ2v) is 6.82. The maximum atomic E-state index is 12.6. The van der Waals surface area contributed by atoms with Crippen LogP contribution >= 0.6 is 0 Å². The van der Waals surface area contributed by atoms with E-state index < -0.39 is 10.0 Å². The number of hydrogen-bond donors (Lipinski definition) is 1. The van der Waals surface area contributed by atoms with Crippen molar-refractivity contribution in [3.63, 3.8) is 0 Å². The molecule has 2 rings (SSSR count). The average Bonchev–Trinajstić information content (AvgIpc) is 2.92. The topological polar surface area (TPSA) is 81.2 Å². The molecular weight excluding hydrogens is 288 g/mol. The normalized spacial score (nSPS) is 12.0. The molecule has 0 saturated heterocycles. The fraction of sp³-hybridized carbons (Fsp3) is 0.357. The van der Waals surface area contributed by atoms with Crippen LogP contribution in [0.15, 0.2) is 41.7 Å². The quantitative estimate of drug-likeness (QED) is 0.869. The minimum absolute atomic E-state index is 0.274. The number of nitrogens with two attached hydrogens (primary N) is 1. The SMILES string of the molecule is CCn1cc(S(=O)(=O)N(C)Cc2cccnc2)cc1CN. The number of rotatable bonds is 6. The van der Waals surface area contributed by atoms with E-state index in [-0.39, 0.29) is 11.4 Å². The van der Waals surface area contributed by atoms with E-state index in [1.165, 1.54) is 4.31 Å². The van der Waals surface area contributed by atoms with Crippen LogP contribution in [0.3, 0.4) is 0 Å². The highest BCUT2D eigenvalue weighted by molar-refractivity contribution is 7.89. The van der Waals surface area contributed by atoms with Gasteiger partial charge >= 0.3 is 0 Å². The molecule has 0 aliphatic rings. The smallest absolute Gasteiger partial charge is 0.244 e. The molecule has 0 unspecified atom stereocenters. The number of nitrogens with zero attached hydrogens (tertiary/aromatic N) is 3. The molecule has 21 heavy (non-hydrogen) atoms. The second-order valence-electron chi connectivity index (χ2n) is 4.78. The van der Waals surface area contributed by atoms with E-state index in [1.54, 1.807) is 37.8 Å². The molecule has 0 spiro atoms. The van der Waals surface area contributed by atoms with Crippen molar-refractivity contribution < 1.29 is 8.42 Å². The van der Waals surface area contributed by atoms with Crippen molar-refractivity contribution in [3.8, 4) is 0 Å². The summed E-state index contributed by atoms with van der Waals surface area (Å²) < 4.78 is 28.3. The highest BCUT2D eigenvalue weighted by atomic mass is 32.2. The Morgan fingerprint density at radius 1 is 1.43 bits per heavy atom. The fourth-order valence-corrected chi connectivity index (χ4v) is 3.37. The number of aromatic nitrogens is 2. The summed E-state index contributed by atoms with van der Waals surface area (Å²) in [5.41, 5.74) is 7.30. The summed E-state index contributed by atoms with van der Waals surface area (Å²) in [6, 6.07) is 5.27. The van der Waals surface area contributed by atoms with Gasteiger partial charge in [-0.2, -0.15) is 4.31 Å². The summed E-state index contributed by atoms with van der Waals surface area (Å²) in [7, 11) is -1.97. The first-order valence-electron chi connectivity index (χ1n) is 6.73. The van der Waals surface area contributed by atoms with Crippen molar-refractivity contribution in [1.82, 2.24) is 13.9 Å².